The van der Waals surface area contributed by atoms with Crippen LogP contribution in [0, 0.1) is 0 Å². The highest BCUT2D eigenvalue weighted by atomic mass is 16.5. The number of hydrogen-bond acceptors (Lipinski definition) is 4. The molecule has 1 saturated heterocycles. The van der Waals surface area contributed by atoms with Crippen molar-refractivity contribution in [3.8, 4) is 17.2 Å². The van der Waals surface area contributed by atoms with E-state index in [9.17, 15) is 4.79 Å². The molecule has 1 fully saturated rings. The Morgan fingerprint density at radius 3 is 2.85 bits per heavy atom. The quantitative estimate of drug-likeness (QED) is 0.842. The molecule has 26 heavy (non-hydrogen) atoms. The molecule has 5 heteroatoms. The predicted octanol–water partition coefficient (Wildman–Crippen LogP) is 3.62. The van der Waals surface area contributed by atoms with Crippen molar-refractivity contribution in [3.05, 3.63) is 53.1 Å². The van der Waals surface area contributed by atoms with Crippen LogP contribution < -0.4 is 14.2 Å². The number of fused-ring (bicyclic) bond motifs is 1. The van der Waals surface area contributed by atoms with Crippen LogP contribution >= 0.6 is 0 Å². The lowest BCUT2D eigenvalue weighted by atomic mass is 10.0. The van der Waals surface area contributed by atoms with Crippen molar-refractivity contribution in [2.45, 2.75) is 25.3 Å². The normalized spacial score (nSPS) is 18.4. The van der Waals surface area contributed by atoms with Gasteiger partial charge in [0.25, 0.3) is 5.91 Å². The van der Waals surface area contributed by atoms with E-state index in [1.54, 1.807) is 14.2 Å². The molecule has 2 aromatic rings. The molecule has 2 heterocycles. The molecular formula is C21H23NO4. The summed E-state index contributed by atoms with van der Waals surface area (Å²) in [6.45, 7) is 1.44. The minimum absolute atomic E-state index is 0.00273. The lowest BCUT2D eigenvalue weighted by Crippen LogP contribution is -2.30. The molecule has 0 bridgehead atoms. The fourth-order valence-electron chi connectivity index (χ4n) is 3.92. The van der Waals surface area contributed by atoms with Crippen molar-refractivity contribution in [3.63, 3.8) is 0 Å². The molecule has 0 aliphatic carbocycles. The van der Waals surface area contributed by atoms with Gasteiger partial charge in [0.2, 0.25) is 0 Å². The van der Waals surface area contributed by atoms with E-state index in [4.69, 9.17) is 14.2 Å². The van der Waals surface area contributed by atoms with Gasteiger partial charge in [0, 0.05) is 24.1 Å². The number of hydrogen-bond donors (Lipinski definition) is 0. The van der Waals surface area contributed by atoms with Gasteiger partial charge < -0.3 is 19.1 Å². The Hall–Kier alpha value is -2.69. The van der Waals surface area contributed by atoms with E-state index in [1.165, 1.54) is 0 Å². The maximum Gasteiger partial charge on any atom is 0.254 e. The highest BCUT2D eigenvalue weighted by Crippen LogP contribution is 2.40. The zero-order chi connectivity index (χ0) is 18.1. The molecule has 1 atom stereocenters. The number of amides is 1. The number of benzene rings is 2. The zero-order valence-electron chi connectivity index (χ0n) is 15.2. The van der Waals surface area contributed by atoms with E-state index in [2.05, 4.69) is 0 Å². The SMILES string of the molecule is COc1ccc(OC)c([C@@H]2CCCN2C(=O)c2ccc3c(c2)CCO3)c1. The van der Waals surface area contributed by atoms with Gasteiger partial charge in [-0.25, -0.2) is 0 Å². The highest BCUT2D eigenvalue weighted by molar-refractivity contribution is 5.95. The maximum absolute atomic E-state index is 13.2. The number of carbonyl (C=O) groups excluding carboxylic acids is 1. The van der Waals surface area contributed by atoms with E-state index in [1.807, 2.05) is 41.3 Å². The molecule has 0 aromatic heterocycles. The van der Waals surface area contributed by atoms with Gasteiger partial charge in [-0.15, -0.1) is 0 Å². The molecule has 2 aliphatic rings. The first-order chi connectivity index (χ1) is 12.7. The van der Waals surface area contributed by atoms with E-state index < -0.39 is 0 Å². The molecule has 2 aliphatic heterocycles. The number of likely N-dealkylation sites (tertiary alicyclic amines) is 1. The molecule has 0 unspecified atom stereocenters. The van der Waals surface area contributed by atoms with Crippen molar-refractivity contribution < 1.29 is 19.0 Å². The van der Waals surface area contributed by atoms with Crippen LogP contribution in [0.5, 0.6) is 17.2 Å². The minimum Gasteiger partial charge on any atom is -0.497 e. The van der Waals surface area contributed by atoms with E-state index in [0.717, 1.165) is 59.7 Å². The summed E-state index contributed by atoms with van der Waals surface area (Å²) in [4.78, 5) is 15.2. The Kier molecular flexibility index (Phi) is 4.45. The number of carbonyl (C=O) groups is 1. The smallest absolute Gasteiger partial charge is 0.254 e. The van der Waals surface area contributed by atoms with Gasteiger partial charge in [-0.05, 0) is 54.8 Å². The number of rotatable bonds is 4. The molecule has 136 valence electrons. The summed E-state index contributed by atoms with van der Waals surface area (Å²) in [7, 11) is 3.31. The molecule has 0 saturated carbocycles. The van der Waals surface area contributed by atoms with Crippen molar-refractivity contribution in [2.24, 2.45) is 0 Å². The summed E-state index contributed by atoms with van der Waals surface area (Å²) in [6, 6.07) is 11.5. The topological polar surface area (TPSA) is 48.0 Å². The predicted molar refractivity (Wildman–Crippen MR) is 98.2 cm³/mol. The summed E-state index contributed by atoms with van der Waals surface area (Å²) < 4.78 is 16.5. The molecular weight excluding hydrogens is 330 g/mol. The van der Waals surface area contributed by atoms with Gasteiger partial charge >= 0.3 is 0 Å². The van der Waals surface area contributed by atoms with Crippen LogP contribution in [-0.2, 0) is 6.42 Å². The average Bonchev–Trinajstić information content (AvgIpc) is 3.35. The third-order valence-electron chi connectivity index (χ3n) is 5.25. The average molecular weight is 353 g/mol. The third kappa shape index (κ3) is 2.87. The van der Waals surface area contributed by atoms with Gasteiger partial charge in [0.15, 0.2) is 0 Å². The van der Waals surface area contributed by atoms with Crippen LogP contribution in [0.3, 0.4) is 0 Å². The van der Waals surface area contributed by atoms with Crippen LogP contribution in [0.25, 0.3) is 0 Å². The van der Waals surface area contributed by atoms with Crippen LogP contribution in [0.2, 0.25) is 0 Å². The Morgan fingerprint density at radius 1 is 1.15 bits per heavy atom. The van der Waals surface area contributed by atoms with Gasteiger partial charge in [-0.3, -0.25) is 4.79 Å². The molecule has 0 radical (unpaired) electrons. The number of methoxy groups -OCH3 is 2. The van der Waals surface area contributed by atoms with Crippen LogP contribution in [0.15, 0.2) is 36.4 Å². The molecule has 0 spiro atoms. The van der Waals surface area contributed by atoms with Crippen LogP contribution in [0.1, 0.15) is 40.4 Å². The second-order valence-corrected chi connectivity index (χ2v) is 6.69. The zero-order valence-corrected chi connectivity index (χ0v) is 15.2. The van der Waals surface area contributed by atoms with Crippen molar-refractivity contribution in [1.29, 1.82) is 0 Å². The Bertz CT molecular complexity index is 833. The van der Waals surface area contributed by atoms with Crippen LogP contribution in [-0.4, -0.2) is 38.2 Å². The first-order valence-corrected chi connectivity index (χ1v) is 9.00. The van der Waals surface area contributed by atoms with Crippen molar-refractivity contribution in [1.82, 2.24) is 4.90 Å². The van der Waals surface area contributed by atoms with E-state index in [-0.39, 0.29) is 11.9 Å². The Labute approximate surface area is 153 Å². The van der Waals surface area contributed by atoms with Gasteiger partial charge in [-0.2, -0.15) is 0 Å². The second kappa shape index (κ2) is 6.90. The standard InChI is InChI=1S/C21H23NO4/c1-24-16-6-8-20(25-2)17(13-16)18-4-3-10-22(18)21(23)15-5-7-19-14(12-15)9-11-26-19/h5-8,12-13,18H,3-4,9-11H2,1-2H3/t18-/m0/s1. The third-order valence-corrected chi connectivity index (χ3v) is 5.25. The van der Waals surface area contributed by atoms with E-state index in [0.29, 0.717) is 6.61 Å². The summed E-state index contributed by atoms with van der Waals surface area (Å²) in [5, 5.41) is 0. The summed E-state index contributed by atoms with van der Waals surface area (Å²) in [6.07, 6.45) is 2.76. The fourth-order valence-corrected chi connectivity index (χ4v) is 3.92. The van der Waals surface area contributed by atoms with Crippen molar-refractivity contribution in [2.75, 3.05) is 27.4 Å². The largest absolute Gasteiger partial charge is 0.497 e. The van der Waals surface area contributed by atoms with Crippen LogP contribution in [0.4, 0.5) is 0 Å². The summed E-state index contributed by atoms with van der Waals surface area (Å²) in [5.41, 5.74) is 2.84. The molecule has 2 aromatic carbocycles. The van der Waals surface area contributed by atoms with Crippen molar-refractivity contribution >= 4 is 5.91 Å². The second-order valence-electron chi connectivity index (χ2n) is 6.69. The minimum atomic E-state index is -0.00273. The Morgan fingerprint density at radius 2 is 2.04 bits per heavy atom. The summed E-state index contributed by atoms with van der Waals surface area (Å²) in [5.74, 6) is 2.52. The molecule has 1 amide bonds. The Balaban J connectivity index is 1.65. The summed E-state index contributed by atoms with van der Waals surface area (Å²) >= 11 is 0. The monoisotopic (exact) mass is 353 g/mol. The van der Waals surface area contributed by atoms with Gasteiger partial charge in [0.05, 0.1) is 26.9 Å². The van der Waals surface area contributed by atoms with Gasteiger partial charge in [-0.1, -0.05) is 0 Å². The maximum atomic E-state index is 13.2. The molecule has 0 N–H and O–H groups in total. The lowest BCUT2D eigenvalue weighted by Gasteiger charge is -2.27. The lowest BCUT2D eigenvalue weighted by molar-refractivity contribution is 0.0734. The number of ether oxygens (including phenoxy) is 3. The highest BCUT2D eigenvalue weighted by Gasteiger charge is 2.33. The fraction of sp³-hybridized carbons (Fsp3) is 0.381. The van der Waals surface area contributed by atoms with Gasteiger partial charge in [0.1, 0.15) is 17.2 Å². The first kappa shape index (κ1) is 16.8. The molecule has 4 rings (SSSR count). The van der Waals surface area contributed by atoms with E-state index >= 15 is 0 Å². The number of nitrogens with zero attached hydrogens (tertiary/aromatic N) is 1. The first-order valence-electron chi connectivity index (χ1n) is 9.00. The molecule has 5 nitrogen and oxygen atoms in total.